The zero-order valence-corrected chi connectivity index (χ0v) is 10.2. The van der Waals surface area contributed by atoms with Gasteiger partial charge in [-0.2, -0.15) is 0 Å². The summed E-state index contributed by atoms with van der Waals surface area (Å²) in [6.45, 7) is 0.170. The van der Waals surface area contributed by atoms with Crippen LogP contribution in [0, 0.1) is 0 Å². The van der Waals surface area contributed by atoms with Crippen molar-refractivity contribution in [2.45, 2.75) is 6.42 Å². The van der Waals surface area contributed by atoms with E-state index in [0.717, 1.165) is 5.69 Å². The molecule has 1 aromatic carbocycles. The van der Waals surface area contributed by atoms with Crippen LogP contribution >= 0.6 is 12.4 Å². The zero-order chi connectivity index (χ0) is 12.0. The van der Waals surface area contributed by atoms with Crippen molar-refractivity contribution in [2.75, 3.05) is 18.0 Å². The first-order chi connectivity index (χ1) is 7.65. The molecule has 0 fully saturated rings. The number of carbonyl (C=O) groups excluding carboxylic acids is 2. The number of amides is 2. The molecule has 17 heavy (non-hydrogen) atoms. The van der Waals surface area contributed by atoms with Gasteiger partial charge in [0.15, 0.2) is 0 Å². The number of halogens is 1. The average molecular weight is 258 g/mol. The van der Waals surface area contributed by atoms with Crippen molar-refractivity contribution in [3.63, 3.8) is 0 Å². The van der Waals surface area contributed by atoms with Gasteiger partial charge < -0.3 is 16.4 Å². The number of nitrogens with zero attached hydrogens (tertiary/aromatic N) is 1. The summed E-state index contributed by atoms with van der Waals surface area (Å²) in [7, 11) is 0. The van der Waals surface area contributed by atoms with Crippen LogP contribution in [0.3, 0.4) is 0 Å². The van der Waals surface area contributed by atoms with Crippen molar-refractivity contribution in [1.29, 1.82) is 0 Å². The van der Waals surface area contributed by atoms with Crippen LogP contribution in [0.2, 0.25) is 0 Å². The lowest BCUT2D eigenvalue weighted by Gasteiger charge is -2.21. The first-order valence-corrected chi connectivity index (χ1v) is 4.99. The summed E-state index contributed by atoms with van der Waals surface area (Å²) in [6.07, 6.45) is 0.126. The molecular weight excluding hydrogens is 242 g/mol. The van der Waals surface area contributed by atoms with Crippen LogP contribution in [0.5, 0.6) is 0 Å². The Morgan fingerprint density at radius 1 is 1.18 bits per heavy atom. The van der Waals surface area contributed by atoms with Crippen LogP contribution in [-0.2, 0) is 9.59 Å². The van der Waals surface area contributed by atoms with Gasteiger partial charge in [-0.15, -0.1) is 12.4 Å². The fourth-order valence-corrected chi connectivity index (χ4v) is 1.34. The molecule has 0 heterocycles. The van der Waals surface area contributed by atoms with Gasteiger partial charge in [0.2, 0.25) is 11.8 Å². The standard InChI is InChI=1S/C11H15N3O2.ClH/c12-8-11(16)14(7-6-10(13)15)9-4-2-1-3-5-9;/h1-5H,6-8,12H2,(H2,13,15);1H. The number of anilines is 1. The zero-order valence-electron chi connectivity index (χ0n) is 9.33. The summed E-state index contributed by atoms with van der Waals surface area (Å²) in [5.74, 6) is -0.668. The second-order valence-electron chi connectivity index (χ2n) is 3.30. The number of benzene rings is 1. The van der Waals surface area contributed by atoms with E-state index in [9.17, 15) is 9.59 Å². The monoisotopic (exact) mass is 257 g/mol. The molecule has 0 aliphatic rings. The van der Waals surface area contributed by atoms with E-state index >= 15 is 0 Å². The van der Waals surface area contributed by atoms with Crippen LogP contribution in [0.15, 0.2) is 30.3 Å². The molecule has 0 aliphatic carbocycles. The molecule has 6 heteroatoms. The van der Waals surface area contributed by atoms with Gasteiger partial charge in [-0.1, -0.05) is 18.2 Å². The highest BCUT2D eigenvalue weighted by molar-refractivity contribution is 5.95. The summed E-state index contributed by atoms with van der Waals surface area (Å²) in [5, 5.41) is 0. The smallest absolute Gasteiger partial charge is 0.240 e. The van der Waals surface area contributed by atoms with Gasteiger partial charge in [0.05, 0.1) is 6.54 Å². The third-order valence-electron chi connectivity index (χ3n) is 2.13. The van der Waals surface area contributed by atoms with E-state index in [1.165, 1.54) is 4.90 Å². The van der Waals surface area contributed by atoms with Crippen LogP contribution in [0.1, 0.15) is 6.42 Å². The van der Waals surface area contributed by atoms with Gasteiger partial charge in [0.25, 0.3) is 0 Å². The first-order valence-electron chi connectivity index (χ1n) is 4.99. The van der Waals surface area contributed by atoms with Crippen LogP contribution in [0.4, 0.5) is 5.69 Å². The van der Waals surface area contributed by atoms with Crippen molar-refractivity contribution in [3.05, 3.63) is 30.3 Å². The number of hydrogen-bond donors (Lipinski definition) is 2. The highest BCUT2D eigenvalue weighted by Crippen LogP contribution is 2.13. The summed E-state index contributed by atoms with van der Waals surface area (Å²) < 4.78 is 0. The predicted molar refractivity (Wildman–Crippen MR) is 68.9 cm³/mol. The van der Waals surface area contributed by atoms with E-state index < -0.39 is 5.91 Å². The third kappa shape index (κ3) is 4.84. The molecule has 4 N–H and O–H groups in total. The number of carbonyl (C=O) groups is 2. The van der Waals surface area contributed by atoms with Gasteiger partial charge in [-0.3, -0.25) is 9.59 Å². The topological polar surface area (TPSA) is 89.4 Å². The fourth-order valence-electron chi connectivity index (χ4n) is 1.34. The molecule has 0 bridgehead atoms. The second kappa shape index (κ2) is 7.65. The van der Waals surface area contributed by atoms with E-state index in [2.05, 4.69) is 0 Å². The number of rotatable bonds is 5. The van der Waals surface area contributed by atoms with Crippen molar-refractivity contribution in [2.24, 2.45) is 11.5 Å². The Balaban J connectivity index is 0.00000256. The SMILES string of the molecule is Cl.NCC(=O)N(CCC(N)=O)c1ccccc1. The molecular formula is C11H16ClN3O2. The quantitative estimate of drug-likeness (QED) is 0.794. The Morgan fingerprint density at radius 3 is 2.24 bits per heavy atom. The third-order valence-corrected chi connectivity index (χ3v) is 2.13. The van der Waals surface area contributed by atoms with E-state index in [1.807, 2.05) is 18.2 Å². The molecule has 0 atom stereocenters. The Kier molecular flexibility index (Phi) is 6.93. The normalized spacial score (nSPS) is 9.24. The minimum Gasteiger partial charge on any atom is -0.370 e. The highest BCUT2D eigenvalue weighted by atomic mass is 35.5. The van der Waals surface area contributed by atoms with E-state index in [-0.39, 0.29) is 37.8 Å². The maximum absolute atomic E-state index is 11.6. The lowest BCUT2D eigenvalue weighted by Crippen LogP contribution is -2.38. The molecule has 0 saturated heterocycles. The van der Waals surface area contributed by atoms with Crippen LogP contribution in [0.25, 0.3) is 0 Å². The Bertz CT molecular complexity index is 370. The molecule has 1 rings (SSSR count). The Hall–Kier alpha value is -1.59. The molecule has 5 nitrogen and oxygen atoms in total. The molecule has 0 aromatic heterocycles. The highest BCUT2D eigenvalue weighted by Gasteiger charge is 2.14. The minimum atomic E-state index is -0.439. The maximum atomic E-state index is 11.6. The van der Waals surface area contributed by atoms with Crippen molar-refractivity contribution >= 4 is 29.9 Å². The Morgan fingerprint density at radius 2 is 1.76 bits per heavy atom. The molecule has 0 spiro atoms. The molecule has 0 aliphatic heterocycles. The summed E-state index contributed by atoms with van der Waals surface area (Å²) >= 11 is 0. The van der Waals surface area contributed by atoms with Gasteiger partial charge in [0.1, 0.15) is 0 Å². The van der Waals surface area contributed by atoms with Gasteiger partial charge in [-0.05, 0) is 12.1 Å². The van der Waals surface area contributed by atoms with Crippen molar-refractivity contribution < 1.29 is 9.59 Å². The largest absolute Gasteiger partial charge is 0.370 e. The van der Waals surface area contributed by atoms with Crippen molar-refractivity contribution in [3.8, 4) is 0 Å². The van der Waals surface area contributed by atoms with E-state index in [4.69, 9.17) is 11.5 Å². The minimum absolute atomic E-state index is 0. The van der Waals surface area contributed by atoms with Crippen molar-refractivity contribution in [1.82, 2.24) is 0 Å². The number of nitrogens with two attached hydrogens (primary N) is 2. The summed E-state index contributed by atoms with van der Waals surface area (Å²) in [4.78, 5) is 23.7. The predicted octanol–water partition coefficient (Wildman–Crippen LogP) is 0.275. The van der Waals surface area contributed by atoms with Crippen LogP contribution in [-0.4, -0.2) is 24.9 Å². The summed E-state index contributed by atoms with van der Waals surface area (Å²) in [5.41, 5.74) is 11.1. The molecule has 0 radical (unpaired) electrons. The maximum Gasteiger partial charge on any atom is 0.240 e. The molecule has 2 amide bonds. The van der Waals surface area contributed by atoms with E-state index in [1.54, 1.807) is 12.1 Å². The number of hydrogen-bond acceptors (Lipinski definition) is 3. The van der Waals surface area contributed by atoms with E-state index in [0.29, 0.717) is 0 Å². The van der Waals surface area contributed by atoms with Gasteiger partial charge >= 0.3 is 0 Å². The fraction of sp³-hybridized carbons (Fsp3) is 0.273. The Labute approximate surface area is 106 Å². The lowest BCUT2D eigenvalue weighted by atomic mass is 10.2. The first kappa shape index (κ1) is 15.4. The molecule has 94 valence electrons. The molecule has 0 unspecified atom stereocenters. The lowest BCUT2D eigenvalue weighted by molar-refractivity contribution is -0.118. The number of para-hydroxylation sites is 1. The molecule has 1 aromatic rings. The average Bonchev–Trinajstić information content (AvgIpc) is 2.30. The van der Waals surface area contributed by atoms with Crippen LogP contribution < -0.4 is 16.4 Å². The number of primary amides is 1. The van der Waals surface area contributed by atoms with Gasteiger partial charge in [-0.25, -0.2) is 0 Å². The van der Waals surface area contributed by atoms with Gasteiger partial charge in [0, 0.05) is 18.7 Å². The molecule has 0 saturated carbocycles. The summed E-state index contributed by atoms with van der Waals surface area (Å²) in [6, 6.07) is 9.05. The second-order valence-corrected chi connectivity index (χ2v) is 3.30.